The summed E-state index contributed by atoms with van der Waals surface area (Å²) in [7, 11) is 0. The Hall–Kier alpha value is -1.24. The first kappa shape index (κ1) is 12.8. The standard InChI is InChI=1S/C12H13ClN4OS/c1-12(14,6-2-3-6)11(18)15-9-7(13)4-5-8-10(9)17-19-16-8/h4-6H,2-3,14H2,1H3,(H,15,18). The summed E-state index contributed by atoms with van der Waals surface area (Å²) in [6, 6.07) is 3.48. The fourth-order valence-electron chi connectivity index (χ4n) is 2.06. The summed E-state index contributed by atoms with van der Waals surface area (Å²) in [4.78, 5) is 12.3. The Morgan fingerprint density at radius 3 is 2.95 bits per heavy atom. The second-order valence-electron chi connectivity index (χ2n) is 5.07. The van der Waals surface area contributed by atoms with E-state index >= 15 is 0 Å². The molecule has 5 nitrogen and oxygen atoms in total. The summed E-state index contributed by atoms with van der Waals surface area (Å²) in [6.07, 6.45) is 1.99. The lowest BCUT2D eigenvalue weighted by atomic mass is 9.96. The molecular weight excluding hydrogens is 284 g/mol. The maximum atomic E-state index is 12.3. The molecule has 1 amide bonds. The third kappa shape index (κ3) is 2.20. The van der Waals surface area contributed by atoms with E-state index in [1.807, 2.05) is 0 Å². The molecule has 3 N–H and O–H groups in total. The second-order valence-corrected chi connectivity index (χ2v) is 6.00. The van der Waals surface area contributed by atoms with Gasteiger partial charge in [0.15, 0.2) is 0 Å². The molecule has 1 atom stereocenters. The molecule has 1 heterocycles. The van der Waals surface area contributed by atoms with Crippen molar-refractivity contribution in [2.45, 2.75) is 25.3 Å². The van der Waals surface area contributed by atoms with Crippen molar-refractivity contribution in [3.8, 4) is 0 Å². The average molecular weight is 297 g/mol. The van der Waals surface area contributed by atoms with Crippen LogP contribution >= 0.6 is 23.3 Å². The van der Waals surface area contributed by atoms with Crippen LogP contribution in [-0.4, -0.2) is 20.2 Å². The Morgan fingerprint density at radius 2 is 2.26 bits per heavy atom. The summed E-state index contributed by atoms with van der Waals surface area (Å²) in [5.41, 5.74) is 7.05. The number of benzene rings is 1. The average Bonchev–Trinajstić information content (AvgIpc) is 3.12. The molecule has 1 saturated carbocycles. The van der Waals surface area contributed by atoms with E-state index < -0.39 is 5.54 Å². The van der Waals surface area contributed by atoms with Crippen LogP contribution in [0.25, 0.3) is 11.0 Å². The highest BCUT2D eigenvalue weighted by Crippen LogP contribution is 2.39. The zero-order valence-electron chi connectivity index (χ0n) is 10.3. The van der Waals surface area contributed by atoms with E-state index in [0.717, 1.165) is 30.1 Å². The minimum absolute atomic E-state index is 0.225. The molecule has 1 unspecified atom stereocenters. The number of nitrogens with two attached hydrogens (primary N) is 1. The monoisotopic (exact) mass is 296 g/mol. The molecule has 1 fully saturated rings. The molecule has 7 heteroatoms. The molecule has 1 aliphatic rings. The first-order chi connectivity index (χ1) is 9.00. The first-order valence-electron chi connectivity index (χ1n) is 6.01. The predicted molar refractivity (Wildman–Crippen MR) is 76.4 cm³/mol. The highest BCUT2D eigenvalue weighted by Gasteiger charge is 2.44. The van der Waals surface area contributed by atoms with Crippen molar-refractivity contribution in [3.63, 3.8) is 0 Å². The van der Waals surface area contributed by atoms with Crippen molar-refractivity contribution >= 4 is 46.0 Å². The van der Waals surface area contributed by atoms with Crippen LogP contribution in [0.1, 0.15) is 19.8 Å². The normalized spacial score (nSPS) is 18.3. The number of halogens is 1. The van der Waals surface area contributed by atoms with Gasteiger partial charge in [-0.3, -0.25) is 4.79 Å². The number of anilines is 1. The van der Waals surface area contributed by atoms with Crippen LogP contribution in [0.2, 0.25) is 5.02 Å². The zero-order chi connectivity index (χ0) is 13.6. The molecule has 0 bridgehead atoms. The van der Waals surface area contributed by atoms with Crippen LogP contribution in [0.3, 0.4) is 0 Å². The Labute approximate surface area is 119 Å². The molecule has 2 aromatic rings. The van der Waals surface area contributed by atoms with E-state index in [4.69, 9.17) is 17.3 Å². The molecule has 3 rings (SSSR count). The number of carbonyl (C=O) groups excluding carboxylic acids is 1. The van der Waals surface area contributed by atoms with Gasteiger partial charge >= 0.3 is 0 Å². The molecule has 1 aromatic heterocycles. The smallest absolute Gasteiger partial charge is 0.244 e. The van der Waals surface area contributed by atoms with Crippen LogP contribution in [0.5, 0.6) is 0 Å². The highest BCUT2D eigenvalue weighted by atomic mass is 35.5. The molecule has 0 saturated heterocycles. The van der Waals surface area contributed by atoms with Gasteiger partial charge in [0.2, 0.25) is 5.91 Å². The van der Waals surface area contributed by atoms with Crippen LogP contribution in [0, 0.1) is 5.92 Å². The number of carbonyl (C=O) groups is 1. The number of hydrogen-bond acceptors (Lipinski definition) is 5. The van der Waals surface area contributed by atoms with Crippen molar-refractivity contribution in [3.05, 3.63) is 17.2 Å². The van der Waals surface area contributed by atoms with Gasteiger partial charge in [0.25, 0.3) is 0 Å². The predicted octanol–water partition coefficient (Wildman–Crippen LogP) is 2.41. The van der Waals surface area contributed by atoms with Gasteiger partial charge in [-0.25, -0.2) is 0 Å². The van der Waals surface area contributed by atoms with Gasteiger partial charge in [0, 0.05) is 0 Å². The fraction of sp³-hybridized carbons (Fsp3) is 0.417. The van der Waals surface area contributed by atoms with Gasteiger partial charge in [-0.15, -0.1) is 0 Å². The second kappa shape index (κ2) is 4.40. The van der Waals surface area contributed by atoms with E-state index in [1.54, 1.807) is 19.1 Å². The summed E-state index contributed by atoms with van der Waals surface area (Å²) >= 11 is 7.22. The van der Waals surface area contributed by atoms with Crippen molar-refractivity contribution in [1.29, 1.82) is 0 Å². The molecule has 0 spiro atoms. The lowest BCUT2D eigenvalue weighted by Crippen LogP contribution is -2.50. The van der Waals surface area contributed by atoms with Crippen molar-refractivity contribution in [2.75, 3.05) is 5.32 Å². The summed E-state index contributed by atoms with van der Waals surface area (Å²) in [5, 5.41) is 3.25. The van der Waals surface area contributed by atoms with Crippen LogP contribution < -0.4 is 11.1 Å². The third-order valence-electron chi connectivity index (χ3n) is 3.53. The number of nitrogens with zero attached hydrogens (tertiary/aromatic N) is 2. The van der Waals surface area contributed by atoms with Crippen molar-refractivity contribution < 1.29 is 4.79 Å². The number of hydrogen-bond donors (Lipinski definition) is 2. The SMILES string of the molecule is CC(N)(C(=O)Nc1c(Cl)ccc2nsnc12)C1CC1. The van der Waals surface area contributed by atoms with E-state index in [0.29, 0.717) is 16.2 Å². The summed E-state index contributed by atoms with van der Waals surface area (Å²) < 4.78 is 8.29. The fourth-order valence-corrected chi connectivity index (χ4v) is 2.80. The van der Waals surface area contributed by atoms with Crippen LogP contribution in [0.4, 0.5) is 5.69 Å². The minimum atomic E-state index is -0.866. The number of rotatable bonds is 3. The third-order valence-corrected chi connectivity index (χ3v) is 4.39. The van der Waals surface area contributed by atoms with Crippen molar-refractivity contribution in [1.82, 2.24) is 8.75 Å². The first-order valence-corrected chi connectivity index (χ1v) is 7.12. The number of nitrogens with one attached hydrogen (secondary N) is 1. The van der Waals surface area contributed by atoms with Crippen molar-refractivity contribution in [2.24, 2.45) is 11.7 Å². The summed E-state index contributed by atoms with van der Waals surface area (Å²) in [6.45, 7) is 1.76. The lowest BCUT2D eigenvalue weighted by Gasteiger charge is -2.23. The maximum Gasteiger partial charge on any atom is 0.244 e. The molecule has 19 heavy (non-hydrogen) atoms. The van der Waals surface area contributed by atoms with E-state index in [2.05, 4.69) is 14.1 Å². The molecule has 1 aromatic carbocycles. The number of aromatic nitrogens is 2. The number of amides is 1. The Kier molecular flexibility index (Phi) is 2.96. The van der Waals surface area contributed by atoms with Crippen LogP contribution in [-0.2, 0) is 4.79 Å². The lowest BCUT2D eigenvalue weighted by molar-refractivity contribution is -0.121. The van der Waals surface area contributed by atoms with E-state index in [9.17, 15) is 4.79 Å². The molecule has 100 valence electrons. The van der Waals surface area contributed by atoms with Gasteiger partial charge in [0.1, 0.15) is 11.0 Å². The van der Waals surface area contributed by atoms with Crippen LogP contribution in [0.15, 0.2) is 12.1 Å². The number of fused-ring (bicyclic) bond motifs is 1. The molecule has 1 aliphatic carbocycles. The molecular formula is C12H13ClN4OS. The Morgan fingerprint density at radius 1 is 1.53 bits per heavy atom. The van der Waals surface area contributed by atoms with Gasteiger partial charge in [-0.1, -0.05) is 11.6 Å². The van der Waals surface area contributed by atoms with Gasteiger partial charge in [0.05, 0.1) is 28.0 Å². The quantitative estimate of drug-likeness (QED) is 0.911. The maximum absolute atomic E-state index is 12.3. The topological polar surface area (TPSA) is 80.9 Å². The molecule has 0 radical (unpaired) electrons. The van der Waals surface area contributed by atoms with E-state index in [-0.39, 0.29) is 11.8 Å². The largest absolute Gasteiger partial charge is 0.321 e. The van der Waals surface area contributed by atoms with Gasteiger partial charge in [-0.05, 0) is 37.8 Å². The molecule has 0 aliphatic heterocycles. The van der Waals surface area contributed by atoms with E-state index in [1.165, 1.54) is 0 Å². The van der Waals surface area contributed by atoms with Gasteiger partial charge < -0.3 is 11.1 Å². The Balaban J connectivity index is 1.94. The zero-order valence-corrected chi connectivity index (χ0v) is 11.9. The summed E-state index contributed by atoms with van der Waals surface area (Å²) in [5.74, 6) is 0.0245. The Bertz CT molecular complexity index is 650. The highest BCUT2D eigenvalue weighted by molar-refractivity contribution is 7.00. The minimum Gasteiger partial charge on any atom is -0.321 e. The van der Waals surface area contributed by atoms with Gasteiger partial charge in [-0.2, -0.15) is 8.75 Å².